The van der Waals surface area contributed by atoms with E-state index in [9.17, 15) is 76.0 Å². The molecule has 0 aromatic rings. The Morgan fingerprint density at radius 3 is 1.83 bits per heavy atom. The maximum atomic E-state index is 14.8. The van der Waals surface area contributed by atoms with Crippen LogP contribution in [-0.2, 0) is 47.5 Å². The molecule has 4 heterocycles. The van der Waals surface area contributed by atoms with Gasteiger partial charge in [-0.3, -0.25) is 4.79 Å². The number of aliphatic hydroxyl groups excluding tert-OH is 12. The van der Waals surface area contributed by atoms with E-state index in [-0.39, 0.29) is 39.4 Å². The van der Waals surface area contributed by atoms with E-state index < -0.39 is 165 Å². The van der Waals surface area contributed by atoms with Gasteiger partial charge < -0.3 is 104 Å². The molecule has 9 rings (SSSR count). The first-order valence-corrected chi connectivity index (χ1v) is 27.2. The van der Waals surface area contributed by atoms with Crippen molar-refractivity contribution in [1.82, 2.24) is 0 Å². The predicted octanol–water partition coefficient (Wildman–Crippen LogP) is -1.30. The van der Waals surface area contributed by atoms with Crippen molar-refractivity contribution in [3.05, 3.63) is 11.6 Å². The van der Waals surface area contributed by atoms with Crippen LogP contribution in [0.4, 0.5) is 0 Å². The molecular formula is C53H84O23. The molecule has 23 heteroatoms. The Morgan fingerprint density at radius 2 is 1.20 bits per heavy atom. The summed E-state index contributed by atoms with van der Waals surface area (Å²) in [6, 6.07) is 0. The summed E-state index contributed by atoms with van der Waals surface area (Å²) < 4.78 is 47.7. The van der Waals surface area contributed by atoms with E-state index >= 15 is 0 Å². The fourth-order valence-electron chi connectivity index (χ4n) is 16.2. The predicted molar refractivity (Wildman–Crippen MR) is 257 cm³/mol. The van der Waals surface area contributed by atoms with Crippen LogP contribution in [0.2, 0.25) is 0 Å². The van der Waals surface area contributed by atoms with Gasteiger partial charge >= 0.3 is 11.9 Å². The number of hydrogen-bond acceptors (Lipinski definition) is 22. The third-order valence-electron chi connectivity index (χ3n) is 21.0. The lowest BCUT2D eigenvalue weighted by molar-refractivity contribution is -0.387. The minimum absolute atomic E-state index is 0.0107. The number of hydrogen-bond donors (Lipinski definition) is 13. The minimum Gasteiger partial charge on any atom is -0.479 e. The average molecular weight is 1090 g/mol. The van der Waals surface area contributed by atoms with Gasteiger partial charge in [-0.15, -0.1) is 0 Å². The van der Waals surface area contributed by atoms with Crippen LogP contribution in [0.5, 0.6) is 0 Å². The monoisotopic (exact) mass is 1090 g/mol. The van der Waals surface area contributed by atoms with Crippen LogP contribution in [-0.4, -0.2) is 221 Å². The van der Waals surface area contributed by atoms with Gasteiger partial charge in [0.25, 0.3) is 0 Å². The number of carbonyl (C=O) groups is 2. The Hall–Kier alpha value is -2.08. The second-order valence-electron chi connectivity index (χ2n) is 25.9. The zero-order valence-corrected chi connectivity index (χ0v) is 44.4. The number of aliphatic carboxylic acids is 1. The molecule has 0 amide bonds. The molecule has 23 nitrogen and oxygen atoms in total. The molecule has 27 atom stereocenters. The van der Waals surface area contributed by atoms with Gasteiger partial charge in [-0.05, 0) is 109 Å². The Balaban J connectivity index is 0.983. The van der Waals surface area contributed by atoms with E-state index in [1.54, 1.807) is 0 Å². The van der Waals surface area contributed by atoms with Gasteiger partial charge in [-0.25, -0.2) is 4.79 Å². The molecule has 0 spiro atoms. The van der Waals surface area contributed by atoms with Crippen molar-refractivity contribution >= 4 is 11.9 Å². The molecule has 4 saturated carbocycles. The summed E-state index contributed by atoms with van der Waals surface area (Å²) in [4.78, 5) is 27.8. The number of carbonyl (C=O) groups excluding carboxylic acids is 1. The zero-order valence-electron chi connectivity index (χ0n) is 44.4. The molecule has 76 heavy (non-hydrogen) atoms. The first kappa shape index (κ1) is 58.6. The number of rotatable bonds is 11. The zero-order chi connectivity index (χ0) is 55.6. The SMILES string of the molecule is CC1(C)CCC2(C(=O)OC3OC(CO)C(O)C(O)C3O)CCC3(C)C(=CCC4C5(C)CCC(OC6OC(C(=O)O)C(OC7OCC(O)C(O)C7O)C(O)C6OC6OC(CO)C(O)C(O)C6O)C(C)(C)C5CCC43C)C2C1. The molecule has 0 bridgehead atoms. The van der Waals surface area contributed by atoms with Crippen LogP contribution in [0.15, 0.2) is 11.6 Å². The molecule has 27 unspecified atom stereocenters. The molecule has 0 aromatic carbocycles. The Kier molecular flexibility index (Phi) is 16.2. The maximum absolute atomic E-state index is 14.8. The highest BCUT2D eigenvalue weighted by Crippen LogP contribution is 2.76. The van der Waals surface area contributed by atoms with Gasteiger partial charge in [-0.2, -0.15) is 0 Å². The lowest BCUT2D eigenvalue weighted by Crippen LogP contribution is -2.68. The second kappa shape index (κ2) is 21.0. The van der Waals surface area contributed by atoms with Gasteiger partial charge in [-0.1, -0.05) is 60.1 Å². The topological polar surface area (TPSA) is 371 Å². The summed E-state index contributed by atoms with van der Waals surface area (Å²) in [5, 5.41) is 138. The quantitative estimate of drug-likeness (QED) is 0.0649. The minimum atomic E-state index is -2.03. The third kappa shape index (κ3) is 9.42. The smallest absolute Gasteiger partial charge is 0.335 e. The van der Waals surface area contributed by atoms with Crippen molar-refractivity contribution in [1.29, 1.82) is 0 Å². The van der Waals surface area contributed by atoms with Crippen LogP contribution in [0.3, 0.4) is 0 Å². The molecule has 4 saturated heterocycles. The molecule has 4 aliphatic heterocycles. The summed E-state index contributed by atoms with van der Waals surface area (Å²) in [5.74, 6) is -2.19. The highest BCUT2D eigenvalue weighted by atomic mass is 16.8. The Morgan fingerprint density at radius 1 is 0.605 bits per heavy atom. The van der Waals surface area contributed by atoms with Gasteiger partial charge in [0.05, 0.1) is 31.3 Å². The molecule has 13 N–H and O–H groups in total. The van der Waals surface area contributed by atoms with Crippen molar-refractivity contribution in [3.63, 3.8) is 0 Å². The average Bonchev–Trinajstić information content (AvgIpc) is 3.54. The van der Waals surface area contributed by atoms with Crippen molar-refractivity contribution < 1.29 is 114 Å². The number of aliphatic hydroxyl groups is 12. The number of carboxylic acid groups (broad SMARTS) is 1. The van der Waals surface area contributed by atoms with Crippen molar-refractivity contribution in [2.24, 2.45) is 50.2 Å². The van der Waals surface area contributed by atoms with Crippen molar-refractivity contribution in [2.75, 3.05) is 19.8 Å². The van der Waals surface area contributed by atoms with Gasteiger partial charge in [0.1, 0.15) is 85.5 Å². The fourth-order valence-corrected chi connectivity index (χ4v) is 16.2. The van der Waals surface area contributed by atoms with Crippen LogP contribution < -0.4 is 0 Å². The lowest BCUT2D eigenvalue weighted by Gasteiger charge is -2.71. The summed E-state index contributed by atoms with van der Waals surface area (Å²) >= 11 is 0. The molecule has 8 fully saturated rings. The number of carboxylic acids is 1. The fraction of sp³-hybridized carbons (Fsp3) is 0.925. The Bertz CT molecular complexity index is 2140. The van der Waals surface area contributed by atoms with E-state index in [4.69, 9.17) is 37.9 Å². The second-order valence-corrected chi connectivity index (χ2v) is 25.9. The number of allylic oxidation sites excluding steroid dienone is 2. The first-order valence-electron chi connectivity index (χ1n) is 27.2. The number of esters is 1. The maximum Gasteiger partial charge on any atom is 0.335 e. The molecule has 9 aliphatic rings. The highest BCUT2D eigenvalue weighted by molar-refractivity contribution is 5.79. The van der Waals surface area contributed by atoms with Crippen molar-refractivity contribution in [2.45, 2.75) is 235 Å². The van der Waals surface area contributed by atoms with Crippen LogP contribution in [0, 0.1) is 50.2 Å². The molecule has 434 valence electrons. The molecule has 5 aliphatic carbocycles. The summed E-state index contributed by atoms with van der Waals surface area (Å²) in [5.41, 5.74) is -1.40. The van der Waals surface area contributed by atoms with Gasteiger partial charge in [0.15, 0.2) is 25.0 Å². The molecule has 0 radical (unpaired) electrons. The van der Waals surface area contributed by atoms with E-state index in [1.165, 1.54) is 5.57 Å². The number of ether oxygens (including phenoxy) is 8. The number of fused-ring (bicyclic) bond motifs is 7. The first-order chi connectivity index (χ1) is 35.5. The molecule has 0 aromatic heterocycles. The largest absolute Gasteiger partial charge is 0.479 e. The van der Waals surface area contributed by atoms with Crippen molar-refractivity contribution in [3.8, 4) is 0 Å². The van der Waals surface area contributed by atoms with Crippen LogP contribution in [0.1, 0.15) is 113 Å². The van der Waals surface area contributed by atoms with Crippen LogP contribution >= 0.6 is 0 Å². The van der Waals surface area contributed by atoms with Gasteiger partial charge in [0, 0.05) is 0 Å². The van der Waals surface area contributed by atoms with E-state index in [1.807, 2.05) is 0 Å². The normalized spacial score (nSPS) is 52.9. The lowest BCUT2D eigenvalue weighted by atomic mass is 9.33. The van der Waals surface area contributed by atoms with E-state index in [0.29, 0.717) is 38.5 Å². The van der Waals surface area contributed by atoms with Crippen LogP contribution in [0.25, 0.3) is 0 Å². The van der Waals surface area contributed by atoms with Gasteiger partial charge in [0.2, 0.25) is 6.29 Å². The van der Waals surface area contributed by atoms with E-state index in [0.717, 1.165) is 25.7 Å². The third-order valence-corrected chi connectivity index (χ3v) is 21.0. The summed E-state index contributed by atoms with van der Waals surface area (Å²) in [6.45, 7) is 13.7. The highest BCUT2D eigenvalue weighted by Gasteiger charge is 2.70. The standard InChI is InChI=1S/C53H84O23/c1-48(2)14-16-53(47(68)76-45-37(64)34(61)32(59)26(20-55)71-45)17-15-51(6)22(23(53)18-48)8-9-28-50(5)12-11-29(49(3,4)27(50)10-13-52(28,51)7)72-46-40(74-44-36(63)33(60)31(58)25(19-54)70-44)38(65)39(41(75-46)42(66)67)73-43-35(62)30(57)24(56)21-69-43/h8,23-41,43-46,54-65H,9-21H2,1-7H3,(H,66,67). The van der Waals surface area contributed by atoms with E-state index in [2.05, 4.69) is 54.5 Å². The molecular weight excluding hydrogens is 1000 g/mol. The summed E-state index contributed by atoms with van der Waals surface area (Å²) in [7, 11) is 0. The Labute approximate surface area is 442 Å². The summed E-state index contributed by atoms with van der Waals surface area (Å²) in [6.07, 6.45) is -24.8.